The molecule has 1 N–H and O–H groups in total. The number of benzene rings is 1. The van der Waals surface area contributed by atoms with E-state index in [-0.39, 0.29) is 12.0 Å². The van der Waals surface area contributed by atoms with Crippen LogP contribution in [0.5, 0.6) is 0 Å². The van der Waals surface area contributed by atoms with Gasteiger partial charge < -0.3 is 9.63 Å². The van der Waals surface area contributed by atoms with Crippen molar-refractivity contribution in [3.05, 3.63) is 41.6 Å². The number of hydrogen-bond donors (Lipinski definition) is 1. The zero-order valence-electron chi connectivity index (χ0n) is 9.81. The van der Waals surface area contributed by atoms with Crippen molar-refractivity contribution in [1.29, 1.82) is 0 Å². The first-order chi connectivity index (χ1) is 8.23. The summed E-state index contributed by atoms with van der Waals surface area (Å²) in [6.07, 6.45) is 2.01. The highest BCUT2D eigenvalue weighted by Crippen LogP contribution is 2.47. The summed E-state index contributed by atoms with van der Waals surface area (Å²) in [6.45, 7) is 2.22. The summed E-state index contributed by atoms with van der Waals surface area (Å²) in [5.41, 5.74) is 3.02. The Balaban J connectivity index is 1.92. The summed E-state index contributed by atoms with van der Waals surface area (Å²) < 4.78 is 5.36. The Labute approximate surface area is 100 Å². The Morgan fingerprint density at radius 2 is 2.00 bits per heavy atom. The van der Waals surface area contributed by atoms with E-state index in [2.05, 4.69) is 24.2 Å². The van der Waals surface area contributed by atoms with Crippen molar-refractivity contribution >= 4 is 0 Å². The fraction of sp³-hybridized carbons (Fsp3) is 0.357. The molecule has 1 aromatic heterocycles. The molecule has 0 spiro atoms. The first kappa shape index (κ1) is 10.5. The minimum Gasteiger partial charge on any atom is -0.395 e. The van der Waals surface area contributed by atoms with Crippen molar-refractivity contribution in [3.8, 4) is 11.3 Å². The van der Waals surface area contributed by atoms with Crippen LogP contribution in [0.1, 0.15) is 24.1 Å². The number of hydrogen-bond acceptors (Lipinski definition) is 3. The molecule has 88 valence electrons. The largest absolute Gasteiger partial charge is 0.395 e. The molecule has 1 heterocycles. The van der Waals surface area contributed by atoms with E-state index in [1.54, 1.807) is 0 Å². The summed E-state index contributed by atoms with van der Waals surface area (Å²) in [5, 5.41) is 13.4. The normalized spacial score (nSPS) is 17.1. The molecule has 0 radical (unpaired) electrons. The van der Waals surface area contributed by atoms with Crippen molar-refractivity contribution in [2.24, 2.45) is 0 Å². The minimum atomic E-state index is -0.119. The third-order valence-corrected chi connectivity index (χ3v) is 3.55. The third-order valence-electron chi connectivity index (χ3n) is 3.55. The Morgan fingerprint density at radius 1 is 1.29 bits per heavy atom. The van der Waals surface area contributed by atoms with Crippen molar-refractivity contribution in [3.63, 3.8) is 0 Å². The summed E-state index contributed by atoms with van der Waals surface area (Å²) in [4.78, 5) is 0. The van der Waals surface area contributed by atoms with E-state index in [0.717, 1.165) is 29.9 Å². The molecule has 3 heteroatoms. The van der Waals surface area contributed by atoms with E-state index < -0.39 is 0 Å². The van der Waals surface area contributed by atoms with Gasteiger partial charge in [-0.25, -0.2) is 0 Å². The number of nitrogens with zero attached hydrogens (tertiary/aromatic N) is 1. The van der Waals surface area contributed by atoms with Gasteiger partial charge in [0.2, 0.25) is 0 Å². The van der Waals surface area contributed by atoms with E-state index in [4.69, 9.17) is 4.52 Å². The maximum absolute atomic E-state index is 9.34. The molecule has 0 aliphatic heterocycles. The van der Waals surface area contributed by atoms with E-state index in [1.165, 1.54) is 5.56 Å². The lowest BCUT2D eigenvalue weighted by Gasteiger charge is -2.04. The highest BCUT2D eigenvalue weighted by atomic mass is 16.5. The Kier molecular flexibility index (Phi) is 2.30. The summed E-state index contributed by atoms with van der Waals surface area (Å²) in [6, 6.07) is 10.1. The molecule has 1 aliphatic carbocycles. The lowest BCUT2D eigenvalue weighted by molar-refractivity contribution is 0.248. The average Bonchev–Trinajstić information content (AvgIpc) is 3.00. The smallest absolute Gasteiger partial charge is 0.167 e. The number of aliphatic hydroxyl groups is 1. The molecule has 0 atom stereocenters. The van der Waals surface area contributed by atoms with Gasteiger partial charge in [-0.3, -0.25) is 0 Å². The van der Waals surface area contributed by atoms with Gasteiger partial charge in [0, 0.05) is 17.0 Å². The van der Waals surface area contributed by atoms with Crippen molar-refractivity contribution < 1.29 is 9.63 Å². The molecule has 2 aromatic rings. The van der Waals surface area contributed by atoms with Crippen LogP contribution in [0.4, 0.5) is 0 Å². The fourth-order valence-corrected chi connectivity index (χ4v) is 2.03. The standard InChI is InChI=1S/C14H15NO2/c1-10-2-4-11(5-3-10)12-8-13(15-17-12)14(9-16)6-7-14/h2-5,8,16H,6-7,9H2,1H3. The lowest BCUT2D eigenvalue weighted by atomic mass is 10.0. The Hall–Kier alpha value is -1.61. The van der Waals surface area contributed by atoms with Crippen LogP contribution in [0.3, 0.4) is 0 Å². The first-order valence-electron chi connectivity index (χ1n) is 5.89. The molecule has 17 heavy (non-hydrogen) atoms. The number of aryl methyl sites for hydroxylation is 1. The molecule has 1 aromatic carbocycles. The van der Waals surface area contributed by atoms with Crippen LogP contribution in [0.15, 0.2) is 34.9 Å². The Bertz CT molecular complexity index is 523. The average molecular weight is 229 g/mol. The van der Waals surface area contributed by atoms with E-state index >= 15 is 0 Å². The summed E-state index contributed by atoms with van der Waals surface area (Å²) in [5.74, 6) is 0.778. The van der Waals surface area contributed by atoms with E-state index in [0.29, 0.717) is 0 Å². The predicted octanol–water partition coefficient (Wildman–Crippen LogP) is 2.67. The summed E-state index contributed by atoms with van der Waals surface area (Å²) >= 11 is 0. The molecule has 0 amide bonds. The van der Waals surface area contributed by atoms with Gasteiger partial charge in [0.25, 0.3) is 0 Å². The maximum Gasteiger partial charge on any atom is 0.167 e. The molecular formula is C14H15NO2. The molecule has 1 saturated carbocycles. The SMILES string of the molecule is Cc1ccc(-c2cc(C3(CO)CC3)no2)cc1. The van der Waals surface area contributed by atoms with Crippen molar-refractivity contribution in [1.82, 2.24) is 5.16 Å². The van der Waals surface area contributed by atoms with Crippen LogP contribution < -0.4 is 0 Å². The van der Waals surface area contributed by atoms with Crippen LogP contribution in [0, 0.1) is 6.92 Å². The number of aliphatic hydroxyl groups excluding tert-OH is 1. The first-order valence-corrected chi connectivity index (χ1v) is 5.89. The minimum absolute atomic E-state index is 0.119. The van der Waals surface area contributed by atoms with Gasteiger partial charge in [0.15, 0.2) is 5.76 Å². The van der Waals surface area contributed by atoms with Crippen LogP contribution >= 0.6 is 0 Å². The second kappa shape index (κ2) is 3.70. The second-order valence-corrected chi connectivity index (χ2v) is 4.88. The zero-order valence-corrected chi connectivity index (χ0v) is 9.81. The zero-order chi connectivity index (χ0) is 11.9. The highest BCUT2D eigenvalue weighted by Gasteiger charge is 2.46. The number of aromatic nitrogens is 1. The second-order valence-electron chi connectivity index (χ2n) is 4.88. The molecular weight excluding hydrogens is 214 g/mol. The van der Waals surface area contributed by atoms with E-state index in [1.807, 2.05) is 18.2 Å². The molecule has 3 rings (SSSR count). The molecule has 1 fully saturated rings. The molecule has 1 aliphatic rings. The summed E-state index contributed by atoms with van der Waals surface area (Å²) in [7, 11) is 0. The number of rotatable bonds is 3. The van der Waals surface area contributed by atoms with Gasteiger partial charge in [-0.05, 0) is 19.8 Å². The monoisotopic (exact) mass is 229 g/mol. The molecule has 0 unspecified atom stereocenters. The van der Waals surface area contributed by atoms with Gasteiger partial charge >= 0.3 is 0 Å². The molecule has 3 nitrogen and oxygen atoms in total. The lowest BCUT2D eigenvalue weighted by Crippen LogP contribution is -2.11. The van der Waals surface area contributed by atoms with Gasteiger partial charge in [0.1, 0.15) is 0 Å². The molecule has 0 bridgehead atoms. The highest BCUT2D eigenvalue weighted by molar-refractivity contribution is 5.58. The van der Waals surface area contributed by atoms with Crippen molar-refractivity contribution in [2.75, 3.05) is 6.61 Å². The van der Waals surface area contributed by atoms with Crippen LogP contribution in [-0.2, 0) is 5.41 Å². The van der Waals surface area contributed by atoms with Crippen LogP contribution in [0.25, 0.3) is 11.3 Å². The quantitative estimate of drug-likeness (QED) is 0.880. The Morgan fingerprint density at radius 3 is 2.59 bits per heavy atom. The molecule has 0 saturated heterocycles. The van der Waals surface area contributed by atoms with Gasteiger partial charge in [-0.1, -0.05) is 35.0 Å². The van der Waals surface area contributed by atoms with Gasteiger partial charge in [0.05, 0.1) is 12.3 Å². The van der Waals surface area contributed by atoms with Crippen LogP contribution in [0.2, 0.25) is 0 Å². The fourth-order valence-electron chi connectivity index (χ4n) is 2.03. The van der Waals surface area contributed by atoms with Crippen LogP contribution in [-0.4, -0.2) is 16.9 Å². The third kappa shape index (κ3) is 1.76. The maximum atomic E-state index is 9.34. The van der Waals surface area contributed by atoms with Gasteiger partial charge in [-0.2, -0.15) is 0 Å². The predicted molar refractivity (Wildman–Crippen MR) is 64.7 cm³/mol. The van der Waals surface area contributed by atoms with E-state index in [9.17, 15) is 5.11 Å². The van der Waals surface area contributed by atoms with Crippen molar-refractivity contribution in [2.45, 2.75) is 25.2 Å². The topological polar surface area (TPSA) is 46.3 Å². The van der Waals surface area contributed by atoms with Gasteiger partial charge in [-0.15, -0.1) is 0 Å².